The number of methoxy groups -OCH3 is 1. The number of nitrogens with one attached hydrogen (secondary N) is 2. The summed E-state index contributed by atoms with van der Waals surface area (Å²) in [6, 6.07) is 20.9. The number of nitrogens with zero attached hydrogens (tertiary/aromatic N) is 3. The van der Waals surface area contributed by atoms with Crippen molar-refractivity contribution in [2.24, 2.45) is 0 Å². The van der Waals surface area contributed by atoms with E-state index in [2.05, 4.69) is 36.5 Å². The number of esters is 1. The molecule has 2 N–H and O–H groups in total. The average molecular weight is 590 g/mol. The summed E-state index contributed by atoms with van der Waals surface area (Å²) in [5.74, 6) is 0.465. The normalized spacial score (nSPS) is 10.8. The van der Waals surface area contributed by atoms with Crippen LogP contribution in [0.5, 0.6) is 5.75 Å². The fourth-order valence-electron chi connectivity index (χ4n) is 3.70. The van der Waals surface area contributed by atoms with Gasteiger partial charge in [-0.2, -0.15) is 0 Å². The molecule has 0 atom stereocenters. The van der Waals surface area contributed by atoms with Crippen LogP contribution in [-0.2, 0) is 20.9 Å². The van der Waals surface area contributed by atoms with Gasteiger partial charge in [-0.15, -0.1) is 0 Å². The van der Waals surface area contributed by atoms with Crippen LogP contribution in [0.4, 0.5) is 17.2 Å². The minimum Gasteiger partial charge on any atom is -0.495 e. The molecular weight excluding hydrogens is 562 g/mol. The second kappa shape index (κ2) is 13.4. The van der Waals surface area contributed by atoms with Gasteiger partial charge in [0.1, 0.15) is 31.0 Å². The van der Waals surface area contributed by atoms with Crippen LogP contribution in [0.15, 0.2) is 89.7 Å². The molecule has 1 amide bonds. The van der Waals surface area contributed by atoms with Crippen molar-refractivity contribution in [3.8, 4) is 5.75 Å². The minimum atomic E-state index is -0.475. The Hall–Kier alpha value is -4.44. The zero-order chi connectivity index (χ0) is 27.6. The fourth-order valence-corrected chi connectivity index (χ4v) is 4.10. The van der Waals surface area contributed by atoms with E-state index < -0.39 is 5.97 Å². The number of halogens is 1. The summed E-state index contributed by atoms with van der Waals surface area (Å²) < 4.78 is 11.7. The molecule has 9 nitrogen and oxygen atoms in total. The second-order valence-electron chi connectivity index (χ2n) is 8.55. The zero-order valence-electron chi connectivity index (χ0n) is 21.6. The predicted molar refractivity (Wildman–Crippen MR) is 155 cm³/mol. The third kappa shape index (κ3) is 7.78. The summed E-state index contributed by atoms with van der Waals surface area (Å²) in [7, 11) is 3.13. The summed E-state index contributed by atoms with van der Waals surface area (Å²) in [4.78, 5) is 34.6. The van der Waals surface area contributed by atoms with Crippen LogP contribution >= 0.6 is 15.9 Å². The molecule has 1 aromatic heterocycles. The lowest BCUT2D eigenvalue weighted by molar-refractivity contribution is -0.148. The van der Waals surface area contributed by atoms with Gasteiger partial charge >= 0.3 is 5.97 Å². The van der Waals surface area contributed by atoms with E-state index in [0.717, 1.165) is 26.6 Å². The standard InChI is InChI=1S/C29H28BrN5O4/c1-35(17-28(37)39-18-20-8-4-3-5-9-20)27(36)12-7-13-31-25-15-23-24(16-26(25)38-2)32-19-33-29(23)34-22-11-6-10-21(30)14-22/h3-12,14-16,19,31H,13,17-18H2,1-2H3,(H,32,33,34). The third-order valence-electron chi connectivity index (χ3n) is 5.70. The number of benzene rings is 3. The number of fused-ring (bicyclic) bond motifs is 1. The average Bonchev–Trinajstić information content (AvgIpc) is 2.94. The van der Waals surface area contributed by atoms with Gasteiger partial charge in [-0.1, -0.05) is 58.4 Å². The first kappa shape index (κ1) is 27.6. The molecule has 0 fully saturated rings. The summed E-state index contributed by atoms with van der Waals surface area (Å²) >= 11 is 3.48. The Balaban J connectivity index is 1.36. The Morgan fingerprint density at radius 2 is 1.87 bits per heavy atom. The van der Waals surface area contributed by atoms with Crippen molar-refractivity contribution in [3.63, 3.8) is 0 Å². The van der Waals surface area contributed by atoms with E-state index in [-0.39, 0.29) is 19.1 Å². The van der Waals surface area contributed by atoms with Gasteiger partial charge in [0.05, 0.1) is 18.3 Å². The Labute approximate surface area is 235 Å². The number of hydrogen-bond donors (Lipinski definition) is 2. The molecule has 200 valence electrons. The van der Waals surface area contributed by atoms with Gasteiger partial charge in [0, 0.05) is 41.3 Å². The van der Waals surface area contributed by atoms with Gasteiger partial charge in [-0.05, 0) is 29.8 Å². The first-order valence-electron chi connectivity index (χ1n) is 12.1. The predicted octanol–water partition coefficient (Wildman–Crippen LogP) is 5.31. The van der Waals surface area contributed by atoms with Crippen LogP contribution in [0.25, 0.3) is 10.9 Å². The van der Waals surface area contributed by atoms with Crippen LogP contribution in [0.2, 0.25) is 0 Å². The number of aromatic nitrogens is 2. The largest absolute Gasteiger partial charge is 0.495 e. The minimum absolute atomic E-state index is 0.143. The number of ether oxygens (including phenoxy) is 2. The SMILES string of the molecule is COc1cc2ncnc(Nc3cccc(Br)c3)c2cc1NCC=CC(=O)N(C)CC(=O)OCc1ccccc1. The maximum absolute atomic E-state index is 12.5. The van der Waals surface area contributed by atoms with Crippen molar-refractivity contribution in [1.29, 1.82) is 0 Å². The topological polar surface area (TPSA) is 106 Å². The Morgan fingerprint density at radius 3 is 2.64 bits per heavy atom. The highest BCUT2D eigenvalue weighted by atomic mass is 79.9. The second-order valence-corrected chi connectivity index (χ2v) is 9.47. The number of amides is 1. The van der Waals surface area contributed by atoms with E-state index in [9.17, 15) is 9.59 Å². The lowest BCUT2D eigenvalue weighted by Crippen LogP contribution is -2.31. The molecule has 0 saturated heterocycles. The molecule has 0 unspecified atom stereocenters. The molecule has 3 aromatic carbocycles. The molecule has 0 aliphatic carbocycles. The summed E-state index contributed by atoms with van der Waals surface area (Å²) in [5.41, 5.74) is 3.20. The van der Waals surface area contributed by atoms with E-state index in [4.69, 9.17) is 9.47 Å². The Bertz CT molecular complexity index is 1480. The van der Waals surface area contributed by atoms with Crippen LogP contribution in [0.3, 0.4) is 0 Å². The van der Waals surface area contributed by atoms with Gasteiger partial charge < -0.3 is 25.0 Å². The van der Waals surface area contributed by atoms with Gasteiger partial charge in [-0.25, -0.2) is 9.97 Å². The van der Waals surface area contributed by atoms with Crippen molar-refractivity contribution in [2.75, 3.05) is 37.9 Å². The molecule has 0 aliphatic heterocycles. The smallest absolute Gasteiger partial charge is 0.325 e. The van der Waals surface area contributed by atoms with E-state index in [1.54, 1.807) is 20.2 Å². The van der Waals surface area contributed by atoms with E-state index in [1.165, 1.54) is 17.3 Å². The molecule has 4 aromatic rings. The van der Waals surface area contributed by atoms with E-state index in [1.807, 2.05) is 66.7 Å². The molecule has 0 saturated carbocycles. The maximum Gasteiger partial charge on any atom is 0.325 e. The fraction of sp³-hybridized carbons (Fsp3) is 0.172. The highest BCUT2D eigenvalue weighted by Crippen LogP contribution is 2.33. The van der Waals surface area contributed by atoms with Crippen molar-refractivity contribution in [1.82, 2.24) is 14.9 Å². The molecule has 0 radical (unpaired) electrons. The monoisotopic (exact) mass is 589 g/mol. The van der Waals surface area contributed by atoms with Crippen LogP contribution in [-0.4, -0.2) is 54.0 Å². The molecule has 0 aliphatic rings. The molecule has 0 spiro atoms. The lowest BCUT2D eigenvalue weighted by atomic mass is 10.2. The molecule has 1 heterocycles. The Kier molecular flexibility index (Phi) is 9.47. The Morgan fingerprint density at radius 1 is 1.05 bits per heavy atom. The third-order valence-corrected chi connectivity index (χ3v) is 6.19. The van der Waals surface area contributed by atoms with E-state index >= 15 is 0 Å². The number of anilines is 3. The van der Waals surface area contributed by atoms with Crippen molar-refractivity contribution in [3.05, 3.63) is 95.2 Å². The highest BCUT2D eigenvalue weighted by Gasteiger charge is 2.13. The van der Waals surface area contributed by atoms with Crippen molar-refractivity contribution >= 4 is 55.9 Å². The molecule has 0 bridgehead atoms. The number of carbonyl (C=O) groups is 2. The molecule has 39 heavy (non-hydrogen) atoms. The zero-order valence-corrected chi connectivity index (χ0v) is 23.1. The summed E-state index contributed by atoms with van der Waals surface area (Å²) in [6.07, 6.45) is 4.59. The molecule has 10 heteroatoms. The number of likely N-dealkylation sites (N-methyl/N-ethyl adjacent to an activating group) is 1. The summed E-state index contributed by atoms with van der Waals surface area (Å²) in [6.45, 7) is 0.373. The molecular formula is C29H28BrN5O4. The number of hydrogen-bond acceptors (Lipinski definition) is 8. The van der Waals surface area contributed by atoms with Crippen LogP contribution in [0, 0.1) is 0 Å². The van der Waals surface area contributed by atoms with Gasteiger partial charge in [0.15, 0.2) is 0 Å². The first-order valence-corrected chi connectivity index (χ1v) is 12.9. The maximum atomic E-state index is 12.5. The van der Waals surface area contributed by atoms with Crippen LogP contribution < -0.4 is 15.4 Å². The summed E-state index contributed by atoms with van der Waals surface area (Å²) in [5, 5.41) is 7.39. The van der Waals surface area contributed by atoms with Gasteiger partial charge in [0.25, 0.3) is 0 Å². The number of rotatable bonds is 11. The molecule has 4 rings (SSSR count). The van der Waals surface area contributed by atoms with Gasteiger partial charge in [0.2, 0.25) is 5.91 Å². The lowest BCUT2D eigenvalue weighted by Gasteiger charge is -2.15. The van der Waals surface area contributed by atoms with E-state index in [0.29, 0.717) is 23.8 Å². The number of carbonyl (C=O) groups excluding carboxylic acids is 2. The van der Waals surface area contributed by atoms with Crippen molar-refractivity contribution in [2.45, 2.75) is 6.61 Å². The quantitative estimate of drug-likeness (QED) is 0.179. The van der Waals surface area contributed by atoms with Gasteiger partial charge in [-0.3, -0.25) is 9.59 Å². The van der Waals surface area contributed by atoms with Crippen molar-refractivity contribution < 1.29 is 19.1 Å². The highest BCUT2D eigenvalue weighted by molar-refractivity contribution is 9.10. The van der Waals surface area contributed by atoms with Crippen LogP contribution in [0.1, 0.15) is 5.56 Å². The first-order chi connectivity index (χ1) is 18.9.